The summed E-state index contributed by atoms with van der Waals surface area (Å²) in [5, 5.41) is 1.17. The van der Waals surface area contributed by atoms with Crippen LogP contribution in [0.15, 0.2) is 16.3 Å². The smallest absolute Gasteiger partial charge is 0.284 e. The summed E-state index contributed by atoms with van der Waals surface area (Å²) in [6.45, 7) is 0. The number of carbonyl (C=O) groups excluding carboxylic acids is 1. The fraction of sp³-hybridized carbons (Fsp3) is 0.250. The Balaban J connectivity index is 2.54. The summed E-state index contributed by atoms with van der Waals surface area (Å²) in [6.07, 6.45) is 3.31. The second kappa shape index (κ2) is 3.92. The molecule has 0 fully saturated rings. The molecule has 0 atom stereocenters. The van der Waals surface area contributed by atoms with Gasteiger partial charge < -0.3 is 0 Å². The first kappa shape index (κ1) is 10.6. The van der Waals surface area contributed by atoms with Crippen LogP contribution in [0.2, 0.25) is 0 Å². The van der Waals surface area contributed by atoms with Crippen molar-refractivity contribution in [2.75, 3.05) is 14.2 Å². The molecule has 2 aromatic rings. The summed E-state index contributed by atoms with van der Waals surface area (Å²) in [5.74, 6) is -0.214. The first-order valence-corrected chi connectivity index (χ1v) is 5.68. The highest BCUT2D eigenvalue weighted by Gasteiger charge is 2.21. The molecule has 0 saturated heterocycles. The third-order valence-electron chi connectivity index (χ3n) is 1.99. The maximum Gasteiger partial charge on any atom is 0.296 e. The molecule has 0 aliphatic rings. The molecular weight excluding hydrogens is 282 g/mol. The number of hydrogen-bond donors (Lipinski definition) is 0. The zero-order valence-corrected chi connectivity index (χ0v) is 10.5. The van der Waals surface area contributed by atoms with Gasteiger partial charge in [0.15, 0.2) is 0 Å². The molecule has 0 bridgehead atoms. The van der Waals surface area contributed by atoms with Crippen molar-refractivity contribution in [1.29, 1.82) is 0 Å². The summed E-state index contributed by atoms with van der Waals surface area (Å²) in [7, 11) is 3.01. The van der Waals surface area contributed by atoms with Crippen LogP contribution in [0, 0.1) is 0 Å². The Labute approximate surface area is 98.4 Å². The number of hydroxylamine groups is 2. The lowest BCUT2D eigenvalue weighted by Gasteiger charge is -2.12. The number of hydrogen-bond acceptors (Lipinski definition) is 4. The van der Waals surface area contributed by atoms with Gasteiger partial charge in [-0.2, -0.15) is 0 Å². The third kappa shape index (κ3) is 1.66. The number of rotatable bonds is 2. The van der Waals surface area contributed by atoms with E-state index in [2.05, 4.69) is 20.9 Å². The van der Waals surface area contributed by atoms with Crippen LogP contribution in [0.1, 0.15) is 10.5 Å². The first-order valence-electron chi connectivity index (χ1n) is 4.07. The van der Waals surface area contributed by atoms with Gasteiger partial charge in [0, 0.05) is 7.05 Å². The van der Waals surface area contributed by atoms with Crippen molar-refractivity contribution in [3.63, 3.8) is 0 Å². The van der Waals surface area contributed by atoms with E-state index in [1.165, 1.54) is 23.5 Å². The van der Waals surface area contributed by atoms with Gasteiger partial charge in [0.05, 0.1) is 13.3 Å². The van der Waals surface area contributed by atoms with Crippen LogP contribution in [-0.4, -0.2) is 34.5 Å². The van der Waals surface area contributed by atoms with E-state index in [0.717, 1.165) is 8.62 Å². The number of nitrogens with zero attached hydrogens (tertiary/aromatic N) is 3. The topological polar surface area (TPSA) is 46.8 Å². The van der Waals surface area contributed by atoms with Crippen LogP contribution in [0.3, 0.4) is 0 Å². The van der Waals surface area contributed by atoms with E-state index in [0.29, 0.717) is 5.69 Å². The molecule has 0 spiro atoms. The fourth-order valence-electron chi connectivity index (χ4n) is 1.18. The van der Waals surface area contributed by atoms with Gasteiger partial charge in [-0.05, 0) is 15.9 Å². The quantitative estimate of drug-likeness (QED) is 0.792. The molecule has 0 aliphatic heterocycles. The van der Waals surface area contributed by atoms with Crippen molar-refractivity contribution in [3.8, 4) is 0 Å². The lowest BCUT2D eigenvalue weighted by Crippen LogP contribution is -2.26. The standard InChI is InChI=1S/C8H8BrN3O2S/c1-11(14-2)8(13)6-7(9)15-5-3-10-4-12(5)6/h3-4H,1-2H3. The average molecular weight is 290 g/mol. The van der Waals surface area contributed by atoms with Crippen LogP contribution < -0.4 is 0 Å². The molecule has 80 valence electrons. The molecule has 1 amide bonds. The summed E-state index contributed by atoms with van der Waals surface area (Å²) >= 11 is 4.81. The second-order valence-corrected chi connectivity index (χ2v) is 5.16. The lowest BCUT2D eigenvalue weighted by molar-refractivity contribution is -0.0761. The maximum atomic E-state index is 11.9. The molecule has 5 nitrogen and oxygen atoms in total. The van der Waals surface area contributed by atoms with Gasteiger partial charge in [0.2, 0.25) is 0 Å². The van der Waals surface area contributed by atoms with Crippen LogP contribution in [-0.2, 0) is 4.84 Å². The van der Waals surface area contributed by atoms with E-state index in [9.17, 15) is 4.79 Å². The Bertz CT molecular complexity index is 507. The molecule has 2 rings (SSSR count). The normalized spacial score (nSPS) is 10.9. The predicted octanol–water partition coefficient (Wildman–Crippen LogP) is 1.79. The number of aromatic nitrogens is 2. The third-order valence-corrected chi connectivity index (χ3v) is 3.73. The van der Waals surface area contributed by atoms with Crippen molar-refractivity contribution >= 4 is 38.0 Å². The molecule has 15 heavy (non-hydrogen) atoms. The molecular formula is C8H8BrN3O2S. The van der Waals surface area contributed by atoms with Gasteiger partial charge in [0.25, 0.3) is 5.91 Å². The minimum Gasteiger partial charge on any atom is -0.284 e. The van der Waals surface area contributed by atoms with Crippen molar-refractivity contribution in [2.24, 2.45) is 0 Å². The SMILES string of the molecule is CON(C)C(=O)c1c(Br)sc2cncn12. The highest BCUT2D eigenvalue weighted by atomic mass is 79.9. The van der Waals surface area contributed by atoms with Crippen LogP contribution in [0.5, 0.6) is 0 Å². The molecule has 2 aromatic heterocycles. The zero-order chi connectivity index (χ0) is 11.0. The molecule has 2 heterocycles. The molecule has 0 unspecified atom stereocenters. The second-order valence-electron chi connectivity index (χ2n) is 2.81. The molecule has 0 aliphatic carbocycles. The number of amides is 1. The van der Waals surface area contributed by atoms with E-state index in [-0.39, 0.29) is 5.91 Å². The van der Waals surface area contributed by atoms with Gasteiger partial charge in [-0.15, -0.1) is 11.3 Å². The van der Waals surface area contributed by atoms with Crippen molar-refractivity contribution in [2.45, 2.75) is 0 Å². The van der Waals surface area contributed by atoms with E-state index in [1.54, 1.807) is 24.0 Å². The fourth-order valence-corrected chi connectivity index (χ4v) is 2.85. The number of thiazole rings is 1. The van der Waals surface area contributed by atoms with Crippen LogP contribution in [0.4, 0.5) is 0 Å². The van der Waals surface area contributed by atoms with Crippen molar-refractivity contribution in [1.82, 2.24) is 14.4 Å². The van der Waals surface area contributed by atoms with Crippen molar-refractivity contribution < 1.29 is 9.63 Å². The number of fused-ring (bicyclic) bond motifs is 1. The maximum absolute atomic E-state index is 11.9. The van der Waals surface area contributed by atoms with Gasteiger partial charge in [-0.25, -0.2) is 10.0 Å². The van der Waals surface area contributed by atoms with Gasteiger partial charge in [0.1, 0.15) is 20.6 Å². The largest absolute Gasteiger partial charge is 0.296 e. The average Bonchev–Trinajstić information content (AvgIpc) is 2.75. The summed E-state index contributed by atoms with van der Waals surface area (Å²) < 4.78 is 2.50. The number of halogens is 1. The number of imidazole rings is 1. The summed E-state index contributed by atoms with van der Waals surface area (Å²) in [5.41, 5.74) is 0.525. The lowest BCUT2D eigenvalue weighted by atomic mass is 10.4. The highest BCUT2D eigenvalue weighted by molar-refractivity contribution is 9.11. The minimum atomic E-state index is -0.214. The Morgan fingerprint density at radius 2 is 2.47 bits per heavy atom. The zero-order valence-electron chi connectivity index (χ0n) is 8.10. The van der Waals surface area contributed by atoms with Crippen LogP contribution in [0.25, 0.3) is 4.83 Å². The Morgan fingerprint density at radius 1 is 1.73 bits per heavy atom. The van der Waals surface area contributed by atoms with E-state index in [1.807, 2.05) is 0 Å². The minimum absolute atomic E-state index is 0.214. The van der Waals surface area contributed by atoms with Gasteiger partial charge in [-0.3, -0.25) is 14.0 Å². The molecule has 0 radical (unpaired) electrons. The highest BCUT2D eigenvalue weighted by Crippen LogP contribution is 2.29. The van der Waals surface area contributed by atoms with Crippen molar-refractivity contribution in [3.05, 3.63) is 22.0 Å². The van der Waals surface area contributed by atoms with Gasteiger partial charge >= 0.3 is 0 Å². The van der Waals surface area contributed by atoms with E-state index in [4.69, 9.17) is 4.84 Å². The monoisotopic (exact) mass is 289 g/mol. The Hall–Kier alpha value is -0.920. The molecule has 7 heteroatoms. The number of carbonyl (C=O) groups is 1. The Morgan fingerprint density at radius 3 is 3.13 bits per heavy atom. The van der Waals surface area contributed by atoms with E-state index >= 15 is 0 Å². The summed E-state index contributed by atoms with van der Waals surface area (Å²) in [4.78, 5) is 21.6. The summed E-state index contributed by atoms with van der Waals surface area (Å²) in [6, 6.07) is 0. The molecule has 0 aromatic carbocycles. The molecule has 0 saturated carbocycles. The van der Waals surface area contributed by atoms with Crippen LogP contribution >= 0.6 is 27.3 Å². The molecule has 0 N–H and O–H groups in total. The first-order chi connectivity index (χ1) is 7.15. The van der Waals surface area contributed by atoms with E-state index < -0.39 is 0 Å². The van der Waals surface area contributed by atoms with Gasteiger partial charge in [-0.1, -0.05) is 0 Å². The predicted molar refractivity (Wildman–Crippen MR) is 59.9 cm³/mol. The Kier molecular flexibility index (Phi) is 2.76.